The van der Waals surface area contributed by atoms with E-state index in [1.165, 1.54) is 21.9 Å². The first-order chi connectivity index (χ1) is 11.2. The average molecular weight is 311 g/mol. The molecule has 0 amide bonds. The summed E-state index contributed by atoms with van der Waals surface area (Å²) in [5.41, 5.74) is 3.96. The van der Waals surface area contributed by atoms with Crippen molar-refractivity contribution in [1.82, 2.24) is 15.0 Å². The van der Waals surface area contributed by atoms with Gasteiger partial charge in [-0.15, -0.1) is 5.10 Å². The van der Waals surface area contributed by atoms with E-state index in [-0.39, 0.29) is 12.4 Å². The molecular weight excluding hydrogens is 293 g/mol. The number of benzene rings is 2. The summed E-state index contributed by atoms with van der Waals surface area (Å²) in [4.78, 5) is 0. The number of halogens is 1. The van der Waals surface area contributed by atoms with Gasteiger partial charge in [-0.05, 0) is 37.5 Å². The van der Waals surface area contributed by atoms with Crippen molar-refractivity contribution < 1.29 is 9.50 Å². The highest BCUT2D eigenvalue weighted by Crippen LogP contribution is 2.18. The van der Waals surface area contributed by atoms with Crippen LogP contribution in [0.3, 0.4) is 0 Å². The van der Waals surface area contributed by atoms with E-state index < -0.39 is 0 Å². The van der Waals surface area contributed by atoms with Crippen molar-refractivity contribution in [3.8, 4) is 5.69 Å². The highest BCUT2D eigenvalue weighted by Gasteiger charge is 2.15. The smallest absolute Gasteiger partial charge is 0.148 e. The van der Waals surface area contributed by atoms with Crippen molar-refractivity contribution in [2.45, 2.75) is 26.4 Å². The van der Waals surface area contributed by atoms with Gasteiger partial charge in [0.2, 0.25) is 0 Å². The topological polar surface area (TPSA) is 50.9 Å². The van der Waals surface area contributed by atoms with Gasteiger partial charge in [0, 0.05) is 0 Å². The van der Waals surface area contributed by atoms with Gasteiger partial charge in [0.1, 0.15) is 17.2 Å². The zero-order valence-electron chi connectivity index (χ0n) is 12.9. The number of hydrogen-bond acceptors (Lipinski definition) is 3. The van der Waals surface area contributed by atoms with Crippen LogP contribution in [-0.2, 0) is 19.4 Å². The maximum atomic E-state index is 14.0. The third-order valence-electron chi connectivity index (χ3n) is 3.85. The van der Waals surface area contributed by atoms with Crippen LogP contribution < -0.4 is 0 Å². The van der Waals surface area contributed by atoms with Gasteiger partial charge >= 0.3 is 0 Å². The average Bonchev–Trinajstić information content (AvgIpc) is 2.97. The molecule has 0 aliphatic heterocycles. The van der Waals surface area contributed by atoms with Crippen LogP contribution in [0.25, 0.3) is 5.69 Å². The number of aliphatic hydroxyl groups is 1. The number of aliphatic hydroxyl groups excluding tert-OH is 1. The third kappa shape index (κ3) is 3.29. The van der Waals surface area contributed by atoms with E-state index in [0.717, 1.165) is 12.1 Å². The first-order valence-corrected chi connectivity index (χ1v) is 7.54. The molecule has 118 valence electrons. The molecule has 0 atom stereocenters. The Balaban J connectivity index is 1.90. The molecular formula is C18H18FN3O. The molecule has 1 heterocycles. The molecule has 23 heavy (non-hydrogen) atoms. The Hall–Kier alpha value is -2.53. The molecule has 4 nitrogen and oxygen atoms in total. The Kier molecular flexibility index (Phi) is 4.48. The molecule has 2 aromatic carbocycles. The number of para-hydroxylation sites is 1. The van der Waals surface area contributed by atoms with Crippen molar-refractivity contribution in [2.75, 3.05) is 0 Å². The SMILES string of the molecule is Cc1ccc(CCc2c(CO)nnn2-c2ccccc2F)cc1. The molecule has 0 aliphatic rings. The molecule has 3 rings (SSSR count). The summed E-state index contributed by atoms with van der Waals surface area (Å²) in [6.45, 7) is 1.84. The second-order valence-corrected chi connectivity index (χ2v) is 5.49. The maximum absolute atomic E-state index is 14.0. The van der Waals surface area contributed by atoms with Crippen LogP contribution in [0.1, 0.15) is 22.5 Å². The highest BCUT2D eigenvalue weighted by molar-refractivity contribution is 5.35. The zero-order chi connectivity index (χ0) is 16.2. The number of nitrogens with zero attached hydrogens (tertiary/aromatic N) is 3. The van der Waals surface area contributed by atoms with Crippen LogP contribution in [0.4, 0.5) is 4.39 Å². The van der Waals surface area contributed by atoms with Crippen molar-refractivity contribution >= 4 is 0 Å². The van der Waals surface area contributed by atoms with Crippen LogP contribution >= 0.6 is 0 Å². The lowest BCUT2D eigenvalue weighted by Crippen LogP contribution is -2.07. The maximum Gasteiger partial charge on any atom is 0.148 e. The number of rotatable bonds is 5. The lowest BCUT2D eigenvalue weighted by Gasteiger charge is -2.09. The van der Waals surface area contributed by atoms with Crippen molar-refractivity contribution in [2.24, 2.45) is 0 Å². The van der Waals surface area contributed by atoms with Gasteiger partial charge in [0.15, 0.2) is 0 Å². The fourth-order valence-corrected chi connectivity index (χ4v) is 2.54. The second-order valence-electron chi connectivity index (χ2n) is 5.49. The van der Waals surface area contributed by atoms with E-state index in [2.05, 4.69) is 34.6 Å². The van der Waals surface area contributed by atoms with Crippen molar-refractivity contribution in [3.63, 3.8) is 0 Å². The highest BCUT2D eigenvalue weighted by atomic mass is 19.1. The minimum absolute atomic E-state index is 0.211. The summed E-state index contributed by atoms with van der Waals surface area (Å²) in [5.74, 6) is -0.363. The van der Waals surface area contributed by atoms with Gasteiger partial charge in [-0.1, -0.05) is 47.2 Å². The molecule has 0 radical (unpaired) electrons. The fourth-order valence-electron chi connectivity index (χ4n) is 2.54. The molecule has 5 heteroatoms. The standard InChI is InChI=1S/C18H18FN3O/c1-13-6-8-14(9-7-13)10-11-18-16(12-23)20-21-22(18)17-5-3-2-4-15(17)19/h2-9,23H,10-12H2,1H3. The van der Waals surface area contributed by atoms with E-state index in [4.69, 9.17) is 0 Å². The van der Waals surface area contributed by atoms with Crippen molar-refractivity contribution in [1.29, 1.82) is 0 Å². The molecule has 0 unspecified atom stereocenters. The van der Waals surface area contributed by atoms with E-state index in [1.54, 1.807) is 18.2 Å². The van der Waals surface area contributed by atoms with Gasteiger partial charge < -0.3 is 5.11 Å². The van der Waals surface area contributed by atoms with E-state index >= 15 is 0 Å². The van der Waals surface area contributed by atoms with E-state index in [1.807, 2.05) is 6.92 Å². The summed E-state index contributed by atoms with van der Waals surface area (Å²) >= 11 is 0. The summed E-state index contributed by atoms with van der Waals surface area (Å²) in [7, 11) is 0. The molecule has 1 N–H and O–H groups in total. The lowest BCUT2D eigenvalue weighted by molar-refractivity contribution is 0.275. The van der Waals surface area contributed by atoms with Crippen LogP contribution in [0.15, 0.2) is 48.5 Å². The van der Waals surface area contributed by atoms with Gasteiger partial charge in [-0.2, -0.15) is 0 Å². The quantitative estimate of drug-likeness (QED) is 0.788. The monoisotopic (exact) mass is 311 g/mol. The minimum Gasteiger partial charge on any atom is -0.390 e. The molecule has 0 fully saturated rings. The Bertz CT molecular complexity index is 796. The van der Waals surface area contributed by atoms with Gasteiger partial charge in [0.25, 0.3) is 0 Å². The van der Waals surface area contributed by atoms with E-state index in [0.29, 0.717) is 17.8 Å². The normalized spacial score (nSPS) is 10.9. The molecule has 0 bridgehead atoms. The molecule has 1 aromatic heterocycles. The lowest BCUT2D eigenvalue weighted by atomic mass is 10.1. The summed E-state index contributed by atoms with van der Waals surface area (Å²) in [6, 6.07) is 14.7. The number of hydrogen-bond donors (Lipinski definition) is 1. The first kappa shape index (κ1) is 15.4. The fraction of sp³-hybridized carbons (Fsp3) is 0.222. The third-order valence-corrected chi connectivity index (χ3v) is 3.85. The number of aryl methyl sites for hydroxylation is 2. The van der Waals surface area contributed by atoms with Gasteiger partial charge in [0.05, 0.1) is 12.3 Å². The van der Waals surface area contributed by atoms with Crippen LogP contribution in [0, 0.1) is 12.7 Å². The predicted octanol–water partition coefficient (Wildman–Crippen LogP) is 2.99. The first-order valence-electron chi connectivity index (χ1n) is 7.54. The Labute approximate surface area is 134 Å². The molecule has 0 saturated carbocycles. The second kappa shape index (κ2) is 6.71. The van der Waals surface area contributed by atoms with Crippen LogP contribution in [0.5, 0.6) is 0 Å². The summed E-state index contributed by atoms with van der Waals surface area (Å²) in [5, 5.41) is 17.5. The van der Waals surface area contributed by atoms with Gasteiger partial charge in [-0.25, -0.2) is 9.07 Å². The zero-order valence-corrected chi connectivity index (χ0v) is 12.9. The molecule has 0 spiro atoms. The summed E-state index contributed by atoms with van der Waals surface area (Å²) in [6.07, 6.45) is 1.40. The Morgan fingerprint density at radius 1 is 1.04 bits per heavy atom. The molecule has 0 aliphatic carbocycles. The Morgan fingerprint density at radius 2 is 1.78 bits per heavy atom. The predicted molar refractivity (Wildman–Crippen MR) is 85.8 cm³/mol. The van der Waals surface area contributed by atoms with Crippen molar-refractivity contribution in [3.05, 3.63) is 76.9 Å². The van der Waals surface area contributed by atoms with E-state index in [9.17, 15) is 9.50 Å². The largest absolute Gasteiger partial charge is 0.390 e. The molecule has 3 aromatic rings. The van der Waals surface area contributed by atoms with Crippen LogP contribution in [0.2, 0.25) is 0 Å². The number of aromatic nitrogens is 3. The Morgan fingerprint density at radius 3 is 2.48 bits per heavy atom. The van der Waals surface area contributed by atoms with Gasteiger partial charge in [-0.3, -0.25) is 0 Å². The molecule has 0 saturated heterocycles. The van der Waals surface area contributed by atoms with Crippen LogP contribution in [-0.4, -0.2) is 20.1 Å². The summed E-state index contributed by atoms with van der Waals surface area (Å²) < 4.78 is 15.5. The minimum atomic E-state index is -0.363.